The molecule has 1 N–H and O–H groups in total. The number of imidazole rings is 1. The molecule has 3 aromatic rings. The van der Waals surface area contributed by atoms with Crippen molar-refractivity contribution in [1.29, 1.82) is 0 Å². The van der Waals surface area contributed by atoms with Crippen LogP contribution in [0.4, 0.5) is 18.9 Å². The maximum atomic E-state index is 13.2. The molecule has 0 radical (unpaired) electrons. The van der Waals surface area contributed by atoms with Gasteiger partial charge in [-0.25, -0.2) is 4.98 Å². The molecule has 4 rings (SSSR count). The van der Waals surface area contributed by atoms with Gasteiger partial charge in [-0.2, -0.15) is 13.2 Å². The highest BCUT2D eigenvalue weighted by atomic mass is 32.2. The number of fused-ring (bicyclic) bond motifs is 1. The largest absolute Gasteiger partial charge is 0.495 e. The molecular weight excluding hydrogens is 473 g/mol. The number of nitrogens with one attached hydrogen (secondary N) is 1. The van der Waals surface area contributed by atoms with E-state index in [0.29, 0.717) is 23.1 Å². The van der Waals surface area contributed by atoms with Crippen molar-refractivity contribution in [3.05, 3.63) is 47.8 Å². The van der Waals surface area contributed by atoms with Crippen LogP contribution in [-0.4, -0.2) is 60.7 Å². The van der Waals surface area contributed by atoms with Gasteiger partial charge in [0.25, 0.3) is 0 Å². The summed E-state index contributed by atoms with van der Waals surface area (Å²) in [6.45, 7) is 1.17. The zero-order valence-electron chi connectivity index (χ0n) is 20.1. The minimum atomic E-state index is -4.32. The first-order valence-electron chi connectivity index (χ1n) is 11.5. The van der Waals surface area contributed by atoms with Crippen LogP contribution in [-0.2, 0) is 6.54 Å². The highest BCUT2D eigenvalue weighted by Gasteiger charge is 2.30. The van der Waals surface area contributed by atoms with E-state index in [9.17, 15) is 13.2 Å². The summed E-state index contributed by atoms with van der Waals surface area (Å²) >= 11 is 1.64. The van der Waals surface area contributed by atoms with Crippen LogP contribution in [0.2, 0.25) is 0 Å². The number of likely N-dealkylation sites (tertiary alicyclic amines) is 1. The Hall–Kier alpha value is -2.83. The van der Waals surface area contributed by atoms with Gasteiger partial charge < -0.3 is 19.5 Å². The summed E-state index contributed by atoms with van der Waals surface area (Å²) in [7, 11) is 3.70. The van der Waals surface area contributed by atoms with Gasteiger partial charge in [-0.15, -0.1) is 11.8 Å². The molecule has 0 bridgehead atoms. The third-order valence-electron chi connectivity index (χ3n) is 6.18. The van der Waals surface area contributed by atoms with Crippen molar-refractivity contribution in [3.8, 4) is 17.6 Å². The summed E-state index contributed by atoms with van der Waals surface area (Å²) in [6.07, 6.45) is 0.996. The highest BCUT2D eigenvalue weighted by Crippen LogP contribution is 2.33. The molecule has 1 aliphatic heterocycles. The maximum absolute atomic E-state index is 13.2. The quantitative estimate of drug-likeness (QED) is 0.351. The van der Waals surface area contributed by atoms with Gasteiger partial charge in [0.05, 0.1) is 36.7 Å². The highest BCUT2D eigenvalue weighted by molar-refractivity contribution is 7.98. The second-order valence-electron chi connectivity index (χ2n) is 8.74. The minimum absolute atomic E-state index is 0.213. The molecule has 2 aromatic carbocycles. The number of rotatable bonds is 6. The minimum Gasteiger partial charge on any atom is -0.495 e. The number of thioether (sulfide) groups is 1. The van der Waals surface area contributed by atoms with E-state index in [0.717, 1.165) is 47.8 Å². The third-order valence-corrected chi connectivity index (χ3v) is 6.90. The van der Waals surface area contributed by atoms with E-state index >= 15 is 0 Å². The van der Waals surface area contributed by atoms with Crippen LogP contribution >= 0.6 is 11.8 Å². The second-order valence-corrected chi connectivity index (χ2v) is 9.62. The molecule has 1 atom stereocenters. The Morgan fingerprint density at radius 3 is 2.80 bits per heavy atom. The van der Waals surface area contributed by atoms with Crippen molar-refractivity contribution in [2.24, 2.45) is 0 Å². The summed E-state index contributed by atoms with van der Waals surface area (Å²) in [6, 6.07) is 9.63. The number of anilines is 1. The zero-order chi connectivity index (χ0) is 25.0. The SMILES string of the molecule is COc1cc(SC)ccc1NCC#Cc1cc(C2CCCN(C)C2)c2ncn(CC(F)(F)F)c2c1. The van der Waals surface area contributed by atoms with Gasteiger partial charge in [0.1, 0.15) is 12.3 Å². The van der Waals surface area contributed by atoms with Gasteiger partial charge >= 0.3 is 6.18 Å². The summed E-state index contributed by atoms with van der Waals surface area (Å²) in [4.78, 5) is 7.74. The smallest absolute Gasteiger partial charge is 0.406 e. The second kappa shape index (κ2) is 10.8. The number of methoxy groups -OCH3 is 1. The Bertz CT molecular complexity index is 1250. The van der Waals surface area contributed by atoms with Gasteiger partial charge in [-0.05, 0) is 74.5 Å². The van der Waals surface area contributed by atoms with Crippen molar-refractivity contribution in [3.63, 3.8) is 0 Å². The maximum Gasteiger partial charge on any atom is 0.406 e. The molecule has 5 nitrogen and oxygen atoms in total. The number of piperidine rings is 1. The lowest BCUT2D eigenvalue weighted by molar-refractivity contribution is -0.139. The molecule has 1 unspecified atom stereocenters. The molecule has 1 saturated heterocycles. The number of nitrogens with zero attached hydrogens (tertiary/aromatic N) is 3. The van der Waals surface area contributed by atoms with Gasteiger partial charge in [-0.1, -0.05) is 11.8 Å². The van der Waals surface area contributed by atoms with Crippen molar-refractivity contribution < 1.29 is 17.9 Å². The standard InChI is InChI=1S/C26H29F3N4OS/c1-32-11-5-7-19(15-32)21-12-18(13-23-25(21)31-17-33(23)16-26(27,28)29)6-4-10-30-22-9-8-20(35-3)14-24(22)34-2/h8-9,12-14,17,19,30H,5,7,10-11,15-16H2,1-3H3. The van der Waals surface area contributed by atoms with Crippen molar-refractivity contribution in [2.75, 3.05) is 45.4 Å². The van der Waals surface area contributed by atoms with Gasteiger partial charge in [0.15, 0.2) is 0 Å². The van der Waals surface area contributed by atoms with Crippen molar-refractivity contribution in [2.45, 2.75) is 36.4 Å². The Kier molecular flexibility index (Phi) is 7.82. The van der Waals surface area contributed by atoms with E-state index in [4.69, 9.17) is 4.74 Å². The third kappa shape index (κ3) is 6.24. The van der Waals surface area contributed by atoms with E-state index in [-0.39, 0.29) is 5.92 Å². The average molecular weight is 503 g/mol. The molecule has 2 heterocycles. The number of ether oxygens (including phenoxy) is 1. The molecule has 0 spiro atoms. The van der Waals surface area contributed by atoms with Gasteiger partial charge in [0.2, 0.25) is 0 Å². The molecule has 0 saturated carbocycles. The lowest BCUT2D eigenvalue weighted by Crippen LogP contribution is -2.31. The summed E-state index contributed by atoms with van der Waals surface area (Å²) in [5.41, 5.74) is 3.61. The molecule has 186 valence electrons. The van der Waals surface area contributed by atoms with E-state index in [2.05, 4.69) is 34.1 Å². The average Bonchev–Trinajstić information content (AvgIpc) is 3.22. The lowest BCUT2D eigenvalue weighted by atomic mass is 9.89. The molecule has 1 aromatic heterocycles. The number of halogens is 3. The Balaban J connectivity index is 1.62. The van der Waals surface area contributed by atoms with Gasteiger partial charge in [0, 0.05) is 17.0 Å². The molecule has 1 fully saturated rings. The van der Waals surface area contributed by atoms with Crippen molar-refractivity contribution in [1.82, 2.24) is 14.5 Å². The number of benzene rings is 2. The first kappa shape index (κ1) is 25.3. The predicted molar refractivity (Wildman–Crippen MR) is 135 cm³/mol. The van der Waals surface area contributed by atoms with Crippen LogP contribution in [0.25, 0.3) is 11.0 Å². The summed E-state index contributed by atoms with van der Waals surface area (Å²) < 4.78 is 46.1. The van der Waals surface area contributed by atoms with E-state index in [1.54, 1.807) is 24.9 Å². The molecule has 0 aliphatic carbocycles. The number of likely N-dealkylation sites (N-methyl/N-ethyl adjacent to an activating group) is 1. The van der Waals surface area contributed by atoms with Crippen LogP contribution < -0.4 is 10.1 Å². The van der Waals surface area contributed by atoms with Crippen LogP contribution in [0.5, 0.6) is 5.75 Å². The Morgan fingerprint density at radius 1 is 1.26 bits per heavy atom. The molecule has 9 heteroatoms. The predicted octanol–water partition coefficient (Wildman–Crippen LogP) is 5.60. The van der Waals surface area contributed by atoms with E-state index < -0.39 is 12.7 Å². The zero-order valence-corrected chi connectivity index (χ0v) is 20.9. The normalized spacial score (nSPS) is 16.7. The number of hydrogen-bond donors (Lipinski definition) is 1. The number of aromatic nitrogens is 2. The fourth-order valence-electron chi connectivity index (χ4n) is 4.54. The van der Waals surface area contributed by atoms with Gasteiger partial charge in [-0.3, -0.25) is 0 Å². The van der Waals surface area contributed by atoms with E-state index in [1.807, 2.05) is 30.5 Å². The number of hydrogen-bond acceptors (Lipinski definition) is 5. The number of alkyl halides is 3. The first-order chi connectivity index (χ1) is 16.8. The Morgan fingerprint density at radius 2 is 2.09 bits per heavy atom. The molecular formula is C26H29F3N4OS. The fourth-order valence-corrected chi connectivity index (χ4v) is 4.97. The lowest BCUT2D eigenvalue weighted by Gasteiger charge is -2.30. The monoisotopic (exact) mass is 502 g/mol. The fraction of sp³-hybridized carbons (Fsp3) is 0.423. The van der Waals surface area contributed by atoms with E-state index in [1.165, 1.54) is 10.9 Å². The van der Waals surface area contributed by atoms with Crippen LogP contribution in [0.3, 0.4) is 0 Å². The molecule has 0 amide bonds. The molecule has 35 heavy (non-hydrogen) atoms. The topological polar surface area (TPSA) is 42.3 Å². The van der Waals surface area contributed by atoms with Crippen LogP contribution in [0.1, 0.15) is 29.9 Å². The summed E-state index contributed by atoms with van der Waals surface area (Å²) in [5, 5.41) is 3.26. The van der Waals surface area contributed by atoms with Crippen LogP contribution in [0, 0.1) is 11.8 Å². The Labute approximate surface area is 208 Å². The van der Waals surface area contributed by atoms with Crippen LogP contribution in [0.15, 0.2) is 41.6 Å². The first-order valence-corrected chi connectivity index (χ1v) is 12.7. The molecule has 1 aliphatic rings. The summed E-state index contributed by atoms with van der Waals surface area (Å²) in [5.74, 6) is 7.20. The van der Waals surface area contributed by atoms with Crippen molar-refractivity contribution >= 4 is 28.5 Å².